The molecule has 0 aliphatic rings. The summed E-state index contributed by atoms with van der Waals surface area (Å²) in [7, 11) is -3.88. The van der Waals surface area contributed by atoms with Gasteiger partial charge in [-0.2, -0.15) is 0 Å². The topological polar surface area (TPSA) is 57.6 Å². The first-order valence-corrected chi connectivity index (χ1v) is 9.14. The highest BCUT2D eigenvalue weighted by Crippen LogP contribution is 2.30. The number of benzene rings is 2. The fraction of sp³-hybridized carbons (Fsp3) is 0.200. The standard InChI is InChI=1S/C15H15BrClNO3S/c1-11(19)10-18(13-5-3-2-4-6-13)22(20,21)15-8-7-12(16)9-14(15)17/h2-9,11,19H,10H2,1H3. The number of aliphatic hydroxyl groups excluding tert-OH is 1. The Balaban J connectivity index is 2.54. The lowest BCUT2D eigenvalue weighted by Crippen LogP contribution is -2.36. The maximum absolute atomic E-state index is 12.9. The van der Waals surface area contributed by atoms with Crippen LogP contribution in [-0.4, -0.2) is 26.2 Å². The molecule has 7 heteroatoms. The van der Waals surface area contributed by atoms with Gasteiger partial charge in [0.05, 0.1) is 23.4 Å². The third-order valence-electron chi connectivity index (χ3n) is 2.94. The zero-order valence-corrected chi connectivity index (χ0v) is 14.9. The first-order valence-electron chi connectivity index (χ1n) is 6.53. The molecule has 0 saturated heterocycles. The minimum absolute atomic E-state index is 0.00173. The fourth-order valence-electron chi connectivity index (χ4n) is 1.98. The smallest absolute Gasteiger partial charge is 0.265 e. The van der Waals surface area contributed by atoms with Gasteiger partial charge in [0, 0.05) is 4.47 Å². The largest absolute Gasteiger partial charge is 0.392 e. The van der Waals surface area contributed by atoms with Crippen LogP contribution >= 0.6 is 27.5 Å². The van der Waals surface area contributed by atoms with Gasteiger partial charge in [-0.25, -0.2) is 8.42 Å². The monoisotopic (exact) mass is 403 g/mol. The predicted molar refractivity (Wildman–Crippen MR) is 91.8 cm³/mol. The van der Waals surface area contributed by atoms with Crippen LogP contribution in [0.1, 0.15) is 6.92 Å². The molecule has 0 amide bonds. The first-order chi connectivity index (χ1) is 10.3. The van der Waals surface area contributed by atoms with Crippen molar-refractivity contribution < 1.29 is 13.5 Å². The van der Waals surface area contributed by atoms with E-state index in [0.29, 0.717) is 10.2 Å². The van der Waals surface area contributed by atoms with Crippen LogP contribution in [-0.2, 0) is 10.0 Å². The van der Waals surface area contributed by atoms with Gasteiger partial charge >= 0.3 is 0 Å². The first kappa shape index (κ1) is 17.3. The molecule has 2 aromatic rings. The number of nitrogens with zero attached hydrogens (tertiary/aromatic N) is 1. The number of hydrogen-bond donors (Lipinski definition) is 1. The Bertz CT molecular complexity index is 751. The van der Waals surface area contributed by atoms with Gasteiger partial charge in [0.1, 0.15) is 4.90 Å². The highest BCUT2D eigenvalue weighted by molar-refractivity contribution is 9.10. The molecule has 118 valence electrons. The Hall–Kier alpha value is -1.08. The average Bonchev–Trinajstić information content (AvgIpc) is 2.45. The van der Waals surface area contributed by atoms with E-state index < -0.39 is 16.1 Å². The van der Waals surface area contributed by atoms with E-state index in [0.717, 1.165) is 4.31 Å². The summed E-state index contributed by atoms with van der Waals surface area (Å²) < 4.78 is 27.7. The number of hydrogen-bond acceptors (Lipinski definition) is 3. The van der Waals surface area contributed by atoms with Gasteiger partial charge in [-0.15, -0.1) is 0 Å². The highest BCUT2D eigenvalue weighted by atomic mass is 79.9. The van der Waals surface area contributed by atoms with Crippen molar-refractivity contribution in [2.45, 2.75) is 17.9 Å². The van der Waals surface area contributed by atoms with E-state index in [1.54, 1.807) is 36.4 Å². The van der Waals surface area contributed by atoms with E-state index in [1.165, 1.54) is 19.1 Å². The van der Waals surface area contributed by atoms with Crippen molar-refractivity contribution in [3.05, 3.63) is 58.0 Å². The van der Waals surface area contributed by atoms with Crippen LogP contribution in [0.25, 0.3) is 0 Å². The molecule has 0 radical (unpaired) electrons. The molecule has 0 bridgehead atoms. The molecule has 0 aliphatic carbocycles. The molecule has 1 unspecified atom stereocenters. The molecular weight excluding hydrogens is 390 g/mol. The summed E-state index contributed by atoms with van der Waals surface area (Å²) in [6, 6.07) is 13.2. The lowest BCUT2D eigenvalue weighted by molar-refractivity contribution is 0.204. The lowest BCUT2D eigenvalue weighted by Gasteiger charge is -2.26. The third kappa shape index (κ3) is 3.81. The van der Waals surface area contributed by atoms with Gasteiger partial charge in [-0.05, 0) is 37.3 Å². The van der Waals surface area contributed by atoms with Crippen LogP contribution in [0, 0.1) is 0 Å². The second-order valence-electron chi connectivity index (χ2n) is 4.80. The van der Waals surface area contributed by atoms with Gasteiger partial charge in [-0.3, -0.25) is 4.31 Å². The van der Waals surface area contributed by atoms with Crippen LogP contribution in [0.2, 0.25) is 5.02 Å². The summed E-state index contributed by atoms with van der Waals surface area (Å²) in [5.41, 5.74) is 0.474. The van der Waals surface area contributed by atoms with Crippen molar-refractivity contribution in [3.8, 4) is 0 Å². The minimum Gasteiger partial charge on any atom is -0.392 e. The molecule has 4 nitrogen and oxygen atoms in total. The number of rotatable bonds is 5. The van der Waals surface area contributed by atoms with E-state index in [1.807, 2.05) is 0 Å². The Labute approximate surface area is 143 Å². The normalized spacial score (nSPS) is 12.9. The molecule has 1 atom stereocenters. The maximum atomic E-state index is 12.9. The van der Waals surface area contributed by atoms with Crippen LogP contribution in [0.15, 0.2) is 57.9 Å². The quantitative estimate of drug-likeness (QED) is 0.827. The van der Waals surface area contributed by atoms with E-state index in [9.17, 15) is 13.5 Å². The average molecular weight is 405 g/mol. The summed E-state index contributed by atoms with van der Waals surface area (Å²) in [6.45, 7) is 1.48. The molecule has 2 rings (SSSR count). The summed E-state index contributed by atoms with van der Waals surface area (Å²) in [4.78, 5) is 0.00173. The predicted octanol–water partition coefficient (Wildman–Crippen LogP) is 3.68. The van der Waals surface area contributed by atoms with Gasteiger partial charge in [0.2, 0.25) is 0 Å². The van der Waals surface area contributed by atoms with Gasteiger partial charge in [0.15, 0.2) is 0 Å². The van der Waals surface area contributed by atoms with Crippen molar-refractivity contribution in [2.75, 3.05) is 10.8 Å². The highest BCUT2D eigenvalue weighted by Gasteiger charge is 2.28. The molecule has 0 saturated carbocycles. The summed E-state index contributed by atoms with van der Waals surface area (Å²) in [5, 5.41) is 9.79. The summed E-state index contributed by atoms with van der Waals surface area (Å²) in [5.74, 6) is 0. The second-order valence-corrected chi connectivity index (χ2v) is 7.95. The number of aliphatic hydroxyl groups is 1. The molecule has 0 aromatic heterocycles. The van der Waals surface area contributed by atoms with Crippen LogP contribution in [0.3, 0.4) is 0 Å². The zero-order valence-electron chi connectivity index (χ0n) is 11.8. The van der Waals surface area contributed by atoms with Gasteiger partial charge in [-0.1, -0.05) is 45.7 Å². The van der Waals surface area contributed by atoms with Crippen molar-refractivity contribution in [3.63, 3.8) is 0 Å². The molecule has 0 fully saturated rings. The molecule has 2 aromatic carbocycles. The minimum atomic E-state index is -3.88. The molecular formula is C15H15BrClNO3S. The van der Waals surface area contributed by atoms with Gasteiger partial charge in [0.25, 0.3) is 10.0 Å². The Morgan fingerprint density at radius 2 is 1.86 bits per heavy atom. The fourth-order valence-corrected chi connectivity index (χ4v) is 4.54. The van der Waals surface area contributed by atoms with Crippen molar-refractivity contribution in [1.29, 1.82) is 0 Å². The second kappa shape index (κ2) is 7.00. The number of para-hydroxylation sites is 1. The summed E-state index contributed by atoms with van der Waals surface area (Å²) >= 11 is 9.34. The summed E-state index contributed by atoms with van der Waals surface area (Å²) in [6.07, 6.45) is -0.816. The maximum Gasteiger partial charge on any atom is 0.265 e. The molecule has 1 N–H and O–H groups in total. The SMILES string of the molecule is CC(O)CN(c1ccccc1)S(=O)(=O)c1ccc(Br)cc1Cl. The van der Waals surface area contributed by atoms with E-state index in [4.69, 9.17) is 11.6 Å². The van der Waals surface area contributed by atoms with Crippen LogP contribution < -0.4 is 4.31 Å². The van der Waals surface area contributed by atoms with Crippen LogP contribution in [0.4, 0.5) is 5.69 Å². The van der Waals surface area contributed by atoms with E-state index in [-0.39, 0.29) is 16.5 Å². The van der Waals surface area contributed by atoms with E-state index in [2.05, 4.69) is 15.9 Å². The van der Waals surface area contributed by atoms with Gasteiger partial charge < -0.3 is 5.11 Å². The Morgan fingerprint density at radius 3 is 2.41 bits per heavy atom. The third-order valence-corrected chi connectivity index (χ3v) is 5.71. The molecule has 0 aliphatic heterocycles. The number of anilines is 1. The van der Waals surface area contributed by atoms with E-state index >= 15 is 0 Å². The Morgan fingerprint density at radius 1 is 1.23 bits per heavy atom. The Kier molecular flexibility index (Phi) is 5.50. The molecule has 22 heavy (non-hydrogen) atoms. The van der Waals surface area contributed by atoms with Crippen molar-refractivity contribution >= 4 is 43.2 Å². The van der Waals surface area contributed by atoms with Crippen LogP contribution in [0.5, 0.6) is 0 Å². The zero-order chi connectivity index (χ0) is 16.3. The van der Waals surface area contributed by atoms with Crippen molar-refractivity contribution in [2.24, 2.45) is 0 Å². The molecule has 0 spiro atoms. The lowest BCUT2D eigenvalue weighted by atomic mass is 10.3. The number of halogens is 2. The number of sulfonamides is 1. The molecule has 0 heterocycles. The van der Waals surface area contributed by atoms with Crippen molar-refractivity contribution in [1.82, 2.24) is 0 Å².